The van der Waals surface area contributed by atoms with Gasteiger partial charge in [-0.1, -0.05) is 6.07 Å². The summed E-state index contributed by atoms with van der Waals surface area (Å²) in [5.74, 6) is 0.229. The van der Waals surface area contributed by atoms with Gasteiger partial charge in [0.25, 0.3) is 0 Å². The molecule has 3 heterocycles. The maximum absolute atomic E-state index is 12.4. The van der Waals surface area contributed by atoms with E-state index in [2.05, 4.69) is 9.88 Å². The van der Waals surface area contributed by atoms with Crippen molar-refractivity contribution in [1.82, 2.24) is 14.8 Å². The molecule has 2 aliphatic rings. The molecule has 2 saturated heterocycles. The molecule has 0 unspecified atom stereocenters. The predicted octanol–water partition coefficient (Wildman–Crippen LogP) is 1.32. The molecule has 4 nitrogen and oxygen atoms in total. The van der Waals surface area contributed by atoms with Gasteiger partial charge in [-0.2, -0.15) is 0 Å². The van der Waals surface area contributed by atoms with Gasteiger partial charge >= 0.3 is 0 Å². The van der Waals surface area contributed by atoms with Crippen molar-refractivity contribution in [3.63, 3.8) is 0 Å². The van der Waals surface area contributed by atoms with E-state index in [1.165, 1.54) is 25.9 Å². The molecule has 2 aliphatic heterocycles. The summed E-state index contributed by atoms with van der Waals surface area (Å²) in [5, 5.41) is 0. The van der Waals surface area contributed by atoms with E-state index in [1.807, 2.05) is 23.1 Å². The average Bonchev–Trinajstić information content (AvgIpc) is 2.40. The molecule has 0 spiro atoms. The normalized spacial score (nSPS) is 24.0. The number of fused-ring (bicyclic) bond motifs is 1. The van der Waals surface area contributed by atoms with Crippen LogP contribution in [-0.2, 0) is 11.2 Å². The highest BCUT2D eigenvalue weighted by Crippen LogP contribution is 2.21. The first kappa shape index (κ1) is 12.6. The van der Waals surface area contributed by atoms with Crippen molar-refractivity contribution in [2.75, 3.05) is 26.2 Å². The van der Waals surface area contributed by atoms with Crippen LogP contribution in [0, 0.1) is 0 Å². The fraction of sp³-hybridized carbons (Fsp3) is 0.600. The van der Waals surface area contributed by atoms with Gasteiger partial charge in [-0.25, -0.2) is 0 Å². The Morgan fingerprint density at radius 3 is 2.89 bits per heavy atom. The highest BCUT2D eigenvalue weighted by atomic mass is 16.2. The summed E-state index contributed by atoms with van der Waals surface area (Å²) < 4.78 is 0. The molecule has 2 fully saturated rings. The standard InChI is InChI=1S/C15H21N3O/c19-15(11-13-5-1-2-7-16-13)18-9-4-3-8-17-10-6-14(17)12-18/h1-2,5,7,14H,3-4,6,8-12H2/t14-/m1/s1. The van der Waals surface area contributed by atoms with Crippen LogP contribution >= 0.6 is 0 Å². The van der Waals surface area contributed by atoms with Gasteiger partial charge in [0.2, 0.25) is 5.91 Å². The van der Waals surface area contributed by atoms with Crippen LogP contribution in [0.3, 0.4) is 0 Å². The van der Waals surface area contributed by atoms with E-state index in [1.54, 1.807) is 6.20 Å². The largest absolute Gasteiger partial charge is 0.341 e. The maximum Gasteiger partial charge on any atom is 0.228 e. The highest BCUT2D eigenvalue weighted by molar-refractivity contribution is 5.78. The van der Waals surface area contributed by atoms with Crippen molar-refractivity contribution in [2.45, 2.75) is 31.7 Å². The molecule has 4 heteroatoms. The minimum Gasteiger partial charge on any atom is -0.341 e. The third-order valence-electron chi connectivity index (χ3n) is 4.23. The zero-order valence-corrected chi connectivity index (χ0v) is 11.3. The number of hydrogen-bond donors (Lipinski definition) is 0. The summed E-state index contributed by atoms with van der Waals surface area (Å²) in [5.41, 5.74) is 0.875. The molecule has 1 amide bonds. The van der Waals surface area contributed by atoms with Crippen LogP contribution in [0.1, 0.15) is 25.0 Å². The Morgan fingerprint density at radius 2 is 2.16 bits per heavy atom. The van der Waals surface area contributed by atoms with Gasteiger partial charge in [0.05, 0.1) is 6.42 Å². The lowest BCUT2D eigenvalue weighted by Crippen LogP contribution is -2.56. The number of carbonyl (C=O) groups is 1. The third-order valence-corrected chi connectivity index (χ3v) is 4.23. The van der Waals surface area contributed by atoms with Crippen LogP contribution in [0.15, 0.2) is 24.4 Å². The second kappa shape index (κ2) is 5.70. The molecular weight excluding hydrogens is 238 g/mol. The van der Waals surface area contributed by atoms with E-state index in [0.29, 0.717) is 12.5 Å². The lowest BCUT2D eigenvalue weighted by molar-refractivity contribution is -0.132. The second-order valence-corrected chi connectivity index (χ2v) is 5.52. The summed E-state index contributed by atoms with van der Waals surface area (Å²) in [7, 11) is 0. The molecule has 3 rings (SSSR count). The van der Waals surface area contributed by atoms with E-state index >= 15 is 0 Å². The highest BCUT2D eigenvalue weighted by Gasteiger charge is 2.31. The van der Waals surface area contributed by atoms with Gasteiger partial charge in [0.1, 0.15) is 0 Å². The first-order chi connectivity index (χ1) is 9.33. The van der Waals surface area contributed by atoms with Gasteiger partial charge in [-0.15, -0.1) is 0 Å². The van der Waals surface area contributed by atoms with Crippen molar-refractivity contribution in [2.24, 2.45) is 0 Å². The van der Waals surface area contributed by atoms with Crippen LogP contribution in [-0.4, -0.2) is 52.9 Å². The lowest BCUT2D eigenvalue weighted by atomic mass is 9.99. The Bertz CT molecular complexity index is 434. The number of nitrogens with zero attached hydrogens (tertiary/aromatic N) is 3. The summed E-state index contributed by atoms with van der Waals surface area (Å²) >= 11 is 0. The van der Waals surface area contributed by atoms with E-state index in [0.717, 1.165) is 25.2 Å². The van der Waals surface area contributed by atoms with Crippen molar-refractivity contribution >= 4 is 5.91 Å². The van der Waals surface area contributed by atoms with E-state index in [9.17, 15) is 4.79 Å². The Hall–Kier alpha value is -1.42. The zero-order valence-electron chi connectivity index (χ0n) is 11.3. The lowest BCUT2D eigenvalue weighted by Gasteiger charge is -2.45. The number of pyridine rings is 1. The van der Waals surface area contributed by atoms with Crippen LogP contribution in [0.2, 0.25) is 0 Å². The fourth-order valence-electron chi connectivity index (χ4n) is 2.95. The van der Waals surface area contributed by atoms with E-state index in [4.69, 9.17) is 0 Å². The number of aromatic nitrogens is 1. The van der Waals surface area contributed by atoms with Crippen LogP contribution in [0.5, 0.6) is 0 Å². The first-order valence-electron chi connectivity index (χ1n) is 7.24. The SMILES string of the molecule is O=C(Cc1ccccn1)N1CCCCN2CC[C@@H]2C1. The molecule has 19 heavy (non-hydrogen) atoms. The molecule has 0 N–H and O–H groups in total. The van der Waals surface area contributed by atoms with Gasteiger partial charge in [0, 0.05) is 37.6 Å². The molecule has 102 valence electrons. The fourth-order valence-corrected chi connectivity index (χ4v) is 2.95. The second-order valence-electron chi connectivity index (χ2n) is 5.52. The molecular formula is C15H21N3O. The Kier molecular flexibility index (Phi) is 3.78. The smallest absolute Gasteiger partial charge is 0.228 e. The van der Waals surface area contributed by atoms with Gasteiger partial charge in [0.15, 0.2) is 0 Å². The first-order valence-corrected chi connectivity index (χ1v) is 7.24. The quantitative estimate of drug-likeness (QED) is 0.804. The Morgan fingerprint density at radius 1 is 1.26 bits per heavy atom. The molecule has 0 aromatic carbocycles. The summed E-state index contributed by atoms with van der Waals surface area (Å²) in [6, 6.07) is 6.36. The van der Waals surface area contributed by atoms with Crippen LogP contribution in [0.4, 0.5) is 0 Å². The van der Waals surface area contributed by atoms with Crippen LogP contribution < -0.4 is 0 Å². The number of amides is 1. The van der Waals surface area contributed by atoms with Gasteiger partial charge < -0.3 is 4.90 Å². The van der Waals surface area contributed by atoms with Gasteiger partial charge in [-0.3, -0.25) is 14.7 Å². The monoisotopic (exact) mass is 259 g/mol. The third kappa shape index (κ3) is 2.95. The van der Waals surface area contributed by atoms with Crippen molar-refractivity contribution in [3.05, 3.63) is 30.1 Å². The number of carbonyl (C=O) groups excluding carboxylic acids is 1. The summed E-state index contributed by atoms with van der Waals surface area (Å²) in [4.78, 5) is 21.2. The molecule has 0 bridgehead atoms. The van der Waals surface area contributed by atoms with Crippen molar-refractivity contribution in [1.29, 1.82) is 0 Å². The summed E-state index contributed by atoms with van der Waals surface area (Å²) in [6.07, 6.45) is 5.77. The van der Waals surface area contributed by atoms with Crippen molar-refractivity contribution in [3.8, 4) is 0 Å². The summed E-state index contributed by atoms with van der Waals surface area (Å²) in [6.45, 7) is 4.25. The average molecular weight is 259 g/mol. The predicted molar refractivity (Wildman–Crippen MR) is 73.7 cm³/mol. The minimum absolute atomic E-state index is 0.229. The molecule has 1 atom stereocenters. The van der Waals surface area contributed by atoms with E-state index in [-0.39, 0.29) is 5.91 Å². The minimum atomic E-state index is 0.229. The van der Waals surface area contributed by atoms with Gasteiger partial charge in [-0.05, 0) is 37.9 Å². The molecule has 0 radical (unpaired) electrons. The maximum atomic E-state index is 12.4. The Labute approximate surface area is 114 Å². The molecule has 0 aliphatic carbocycles. The number of rotatable bonds is 2. The van der Waals surface area contributed by atoms with Crippen molar-refractivity contribution < 1.29 is 4.79 Å². The topological polar surface area (TPSA) is 36.4 Å². The van der Waals surface area contributed by atoms with Crippen LogP contribution in [0.25, 0.3) is 0 Å². The molecule has 0 saturated carbocycles. The Balaban J connectivity index is 1.61. The van der Waals surface area contributed by atoms with E-state index < -0.39 is 0 Å². The molecule has 1 aromatic heterocycles. The molecule has 1 aromatic rings. The zero-order chi connectivity index (χ0) is 13.1. The number of hydrogen-bond acceptors (Lipinski definition) is 3.